The molecule has 0 radical (unpaired) electrons. The number of aryl methyl sites for hydroxylation is 1. The third-order valence-electron chi connectivity index (χ3n) is 3.48. The third-order valence-corrected chi connectivity index (χ3v) is 3.48. The van der Waals surface area contributed by atoms with Crippen LogP contribution in [0.3, 0.4) is 0 Å². The summed E-state index contributed by atoms with van der Waals surface area (Å²) in [5.41, 5.74) is 2.60. The molecule has 2 rings (SSSR count). The first-order chi connectivity index (χ1) is 7.24. The minimum atomic E-state index is 0.0793. The monoisotopic (exact) mass is 208 g/mol. The molecule has 2 unspecified atom stereocenters. The van der Waals surface area contributed by atoms with Crippen LogP contribution in [-0.4, -0.2) is 17.1 Å². The number of fused-ring (bicyclic) bond motifs is 1. The Kier molecular flexibility index (Phi) is 3.10. The Labute approximate surface area is 91.3 Å². The average molecular weight is 208 g/mol. The zero-order chi connectivity index (χ0) is 10.8. The molecule has 0 saturated heterocycles. The molecule has 0 bridgehead atoms. The third kappa shape index (κ3) is 2.07. The second-order valence-electron chi connectivity index (χ2n) is 4.44. The molecular weight excluding hydrogens is 188 g/mol. The first-order valence-electron chi connectivity index (χ1n) is 5.85. The van der Waals surface area contributed by atoms with Crippen molar-refractivity contribution in [2.75, 3.05) is 7.11 Å². The number of aromatic nitrogens is 2. The minimum Gasteiger partial charge on any atom is -0.374 e. The quantitative estimate of drug-likeness (QED) is 0.829. The summed E-state index contributed by atoms with van der Waals surface area (Å²) in [5, 5.41) is 0. The molecule has 3 nitrogen and oxygen atoms in total. The van der Waals surface area contributed by atoms with Crippen molar-refractivity contribution < 1.29 is 4.74 Å². The highest BCUT2D eigenvalue weighted by Gasteiger charge is 2.22. The van der Waals surface area contributed by atoms with Gasteiger partial charge in [-0.25, -0.2) is 4.98 Å². The lowest BCUT2D eigenvalue weighted by atomic mass is 9.88. The molecule has 3 heteroatoms. The van der Waals surface area contributed by atoms with Crippen LogP contribution >= 0.6 is 0 Å². The normalized spacial score (nSPS) is 22.5. The fourth-order valence-electron chi connectivity index (χ4n) is 2.23. The number of hydrogen-bond acceptors (Lipinski definition) is 2. The van der Waals surface area contributed by atoms with Gasteiger partial charge in [-0.3, -0.25) is 0 Å². The van der Waals surface area contributed by atoms with Crippen molar-refractivity contribution in [2.45, 2.75) is 45.6 Å². The lowest BCUT2D eigenvalue weighted by Crippen LogP contribution is -2.12. The number of nitrogens with one attached hydrogen (secondary N) is 1. The van der Waals surface area contributed by atoms with Crippen LogP contribution in [0.2, 0.25) is 0 Å². The van der Waals surface area contributed by atoms with Gasteiger partial charge in [-0.15, -0.1) is 0 Å². The molecule has 1 N–H and O–H groups in total. The SMILES string of the molecule is CCC1CCc2nc(C(C)OC)[nH]c2C1. The van der Waals surface area contributed by atoms with E-state index in [1.165, 1.54) is 24.2 Å². The van der Waals surface area contributed by atoms with E-state index in [4.69, 9.17) is 4.74 Å². The molecule has 0 saturated carbocycles. The van der Waals surface area contributed by atoms with Gasteiger partial charge < -0.3 is 9.72 Å². The lowest BCUT2D eigenvalue weighted by Gasteiger charge is -2.19. The van der Waals surface area contributed by atoms with Gasteiger partial charge in [-0.1, -0.05) is 13.3 Å². The summed E-state index contributed by atoms with van der Waals surface area (Å²) in [6.45, 7) is 4.30. The van der Waals surface area contributed by atoms with Crippen molar-refractivity contribution in [2.24, 2.45) is 5.92 Å². The number of aromatic amines is 1. The van der Waals surface area contributed by atoms with Crippen LogP contribution in [0, 0.1) is 5.92 Å². The van der Waals surface area contributed by atoms with Crippen LogP contribution in [-0.2, 0) is 17.6 Å². The van der Waals surface area contributed by atoms with Crippen molar-refractivity contribution >= 4 is 0 Å². The molecule has 1 aliphatic rings. The van der Waals surface area contributed by atoms with E-state index in [2.05, 4.69) is 16.9 Å². The van der Waals surface area contributed by atoms with E-state index in [0.29, 0.717) is 0 Å². The van der Waals surface area contributed by atoms with Gasteiger partial charge in [0.25, 0.3) is 0 Å². The van der Waals surface area contributed by atoms with Gasteiger partial charge >= 0.3 is 0 Å². The van der Waals surface area contributed by atoms with Gasteiger partial charge in [0.15, 0.2) is 0 Å². The van der Waals surface area contributed by atoms with Crippen molar-refractivity contribution in [3.63, 3.8) is 0 Å². The Morgan fingerprint density at radius 2 is 2.40 bits per heavy atom. The van der Waals surface area contributed by atoms with Gasteiger partial charge in [0, 0.05) is 12.8 Å². The molecule has 0 aliphatic heterocycles. The summed E-state index contributed by atoms with van der Waals surface area (Å²) in [5.74, 6) is 1.82. The van der Waals surface area contributed by atoms with E-state index < -0.39 is 0 Å². The molecule has 1 aliphatic carbocycles. The highest BCUT2D eigenvalue weighted by Crippen LogP contribution is 2.27. The van der Waals surface area contributed by atoms with E-state index in [-0.39, 0.29) is 6.10 Å². The summed E-state index contributed by atoms with van der Waals surface area (Å²) in [6.07, 6.45) is 4.93. The van der Waals surface area contributed by atoms with Crippen molar-refractivity contribution in [3.05, 3.63) is 17.2 Å². The summed E-state index contributed by atoms with van der Waals surface area (Å²) in [6, 6.07) is 0. The highest BCUT2D eigenvalue weighted by atomic mass is 16.5. The Balaban J connectivity index is 2.18. The van der Waals surface area contributed by atoms with Gasteiger partial charge in [0.05, 0.1) is 5.69 Å². The molecule has 0 spiro atoms. The topological polar surface area (TPSA) is 37.9 Å². The Morgan fingerprint density at radius 1 is 1.60 bits per heavy atom. The second kappa shape index (κ2) is 4.35. The smallest absolute Gasteiger partial charge is 0.135 e. The molecule has 84 valence electrons. The predicted octanol–water partition coefficient (Wildman–Crippen LogP) is 2.63. The van der Waals surface area contributed by atoms with Crippen LogP contribution in [0.25, 0.3) is 0 Å². The Bertz CT molecular complexity index is 332. The maximum atomic E-state index is 5.27. The number of hydrogen-bond donors (Lipinski definition) is 1. The highest BCUT2D eigenvalue weighted by molar-refractivity contribution is 5.19. The number of rotatable bonds is 3. The molecular formula is C12H20N2O. The summed E-state index contributed by atoms with van der Waals surface area (Å²) < 4.78 is 5.27. The summed E-state index contributed by atoms with van der Waals surface area (Å²) in [4.78, 5) is 8.02. The maximum absolute atomic E-state index is 5.27. The fourth-order valence-corrected chi connectivity index (χ4v) is 2.23. The van der Waals surface area contributed by atoms with Crippen molar-refractivity contribution in [1.82, 2.24) is 9.97 Å². The molecule has 0 fully saturated rings. The summed E-state index contributed by atoms with van der Waals surface area (Å²) >= 11 is 0. The van der Waals surface area contributed by atoms with E-state index >= 15 is 0 Å². The molecule has 1 aromatic rings. The number of methoxy groups -OCH3 is 1. The van der Waals surface area contributed by atoms with Crippen LogP contribution < -0.4 is 0 Å². The van der Waals surface area contributed by atoms with Crippen molar-refractivity contribution in [3.8, 4) is 0 Å². The van der Waals surface area contributed by atoms with E-state index in [0.717, 1.165) is 24.6 Å². The number of H-pyrrole nitrogens is 1. The van der Waals surface area contributed by atoms with E-state index in [9.17, 15) is 0 Å². The lowest BCUT2D eigenvalue weighted by molar-refractivity contribution is 0.112. The zero-order valence-corrected chi connectivity index (χ0v) is 9.84. The predicted molar refractivity (Wildman–Crippen MR) is 59.8 cm³/mol. The van der Waals surface area contributed by atoms with Gasteiger partial charge in [-0.2, -0.15) is 0 Å². The second-order valence-corrected chi connectivity index (χ2v) is 4.44. The number of imidazole rings is 1. The fraction of sp³-hybridized carbons (Fsp3) is 0.750. The number of ether oxygens (including phenoxy) is 1. The van der Waals surface area contributed by atoms with E-state index in [1.807, 2.05) is 6.92 Å². The first-order valence-corrected chi connectivity index (χ1v) is 5.85. The maximum Gasteiger partial charge on any atom is 0.135 e. The van der Waals surface area contributed by atoms with Gasteiger partial charge in [0.2, 0.25) is 0 Å². The van der Waals surface area contributed by atoms with Crippen LogP contribution in [0.4, 0.5) is 0 Å². The minimum absolute atomic E-state index is 0.0793. The standard InChI is InChI=1S/C12H20N2O/c1-4-9-5-6-10-11(7-9)14-12(13-10)8(2)15-3/h8-9H,4-7H2,1-3H3,(H,13,14). The molecule has 1 heterocycles. The Hall–Kier alpha value is -0.830. The summed E-state index contributed by atoms with van der Waals surface area (Å²) in [7, 11) is 1.72. The Morgan fingerprint density at radius 3 is 3.07 bits per heavy atom. The van der Waals surface area contributed by atoms with Gasteiger partial charge in [-0.05, 0) is 32.1 Å². The van der Waals surface area contributed by atoms with Gasteiger partial charge in [0.1, 0.15) is 11.9 Å². The molecule has 15 heavy (non-hydrogen) atoms. The van der Waals surface area contributed by atoms with Crippen molar-refractivity contribution in [1.29, 1.82) is 0 Å². The average Bonchev–Trinajstić information content (AvgIpc) is 2.70. The van der Waals surface area contributed by atoms with Crippen LogP contribution in [0.1, 0.15) is 50.0 Å². The largest absolute Gasteiger partial charge is 0.374 e. The number of nitrogens with zero attached hydrogens (tertiary/aromatic N) is 1. The molecule has 0 aromatic carbocycles. The molecule has 1 aromatic heterocycles. The van der Waals surface area contributed by atoms with Crippen LogP contribution in [0.5, 0.6) is 0 Å². The zero-order valence-electron chi connectivity index (χ0n) is 9.84. The first kappa shape index (κ1) is 10.7. The molecule has 0 amide bonds. The molecule has 2 atom stereocenters. The van der Waals surface area contributed by atoms with Crippen LogP contribution in [0.15, 0.2) is 0 Å². The van der Waals surface area contributed by atoms with E-state index in [1.54, 1.807) is 7.11 Å².